The number of carbonyl (C=O) groups excluding carboxylic acids is 2. The monoisotopic (exact) mass is 395 g/mol. The van der Waals surface area contributed by atoms with Crippen LogP contribution in [0.3, 0.4) is 0 Å². The highest BCUT2D eigenvalue weighted by atomic mass is 32.2. The molecule has 0 saturated carbocycles. The molecule has 3 atom stereocenters. The molecule has 2 rings (SSSR count). The van der Waals surface area contributed by atoms with Crippen LogP contribution >= 0.6 is 11.8 Å². The first kappa shape index (κ1) is 23.9. The molecule has 2 fully saturated rings. The summed E-state index contributed by atoms with van der Waals surface area (Å²) >= 11 is 1.60. The number of thioether (sulfide) groups is 1. The number of esters is 2. The maximum Gasteiger partial charge on any atom is 0.405 e. The second kappa shape index (κ2) is 13.2. The van der Waals surface area contributed by atoms with Gasteiger partial charge < -0.3 is 36.5 Å². The molecule has 12 heteroatoms. The van der Waals surface area contributed by atoms with E-state index in [2.05, 4.69) is 9.47 Å². The number of carboxylic acid groups (broad SMARTS) is 2. The molecule has 150 valence electrons. The van der Waals surface area contributed by atoms with Crippen LogP contribution in [0.4, 0.5) is 4.79 Å². The van der Waals surface area contributed by atoms with E-state index in [0.29, 0.717) is 32.5 Å². The Morgan fingerprint density at radius 3 is 2.12 bits per heavy atom. The number of hydrogen-bond acceptors (Lipinski definition) is 9. The topological polar surface area (TPSA) is 191 Å². The first-order valence-electron chi connectivity index (χ1n) is 7.74. The normalized spacial score (nSPS) is 22.0. The van der Waals surface area contributed by atoms with E-state index in [9.17, 15) is 19.2 Å². The zero-order valence-electron chi connectivity index (χ0n) is 14.4. The number of amides is 1. The van der Waals surface area contributed by atoms with Crippen molar-refractivity contribution < 1.29 is 38.9 Å². The van der Waals surface area contributed by atoms with E-state index in [-0.39, 0.29) is 12.0 Å². The van der Waals surface area contributed by atoms with Crippen LogP contribution in [-0.2, 0) is 23.9 Å². The fourth-order valence-corrected chi connectivity index (χ4v) is 2.15. The van der Waals surface area contributed by atoms with E-state index in [1.54, 1.807) is 11.8 Å². The molecule has 3 unspecified atom stereocenters. The summed E-state index contributed by atoms with van der Waals surface area (Å²) in [6, 6.07) is -1.69. The van der Waals surface area contributed by atoms with Gasteiger partial charge in [-0.2, -0.15) is 11.8 Å². The smallest absolute Gasteiger partial charge is 0.405 e. The molecule has 0 aromatic carbocycles. The molecule has 2 aliphatic heterocycles. The van der Waals surface area contributed by atoms with Crippen LogP contribution < -0.4 is 16.8 Å². The lowest BCUT2D eigenvalue weighted by atomic mass is 10.2. The van der Waals surface area contributed by atoms with Crippen LogP contribution in [0.15, 0.2) is 0 Å². The Hall–Kier alpha value is -2.05. The number of carboxylic acids is 1. The van der Waals surface area contributed by atoms with E-state index in [1.807, 2.05) is 11.6 Å². The number of carbonyl (C=O) groups is 4. The first-order chi connectivity index (χ1) is 12.2. The average molecular weight is 395 g/mol. The minimum Gasteiger partial charge on any atom is -0.480 e. The van der Waals surface area contributed by atoms with Crippen LogP contribution in [-0.4, -0.2) is 77.6 Å². The van der Waals surface area contributed by atoms with Crippen molar-refractivity contribution in [3.05, 3.63) is 0 Å². The van der Waals surface area contributed by atoms with E-state index in [0.717, 1.165) is 5.75 Å². The van der Waals surface area contributed by atoms with Gasteiger partial charge in [-0.1, -0.05) is 0 Å². The van der Waals surface area contributed by atoms with Crippen LogP contribution in [0.25, 0.3) is 0 Å². The minimum atomic E-state index is -1.19. The van der Waals surface area contributed by atoms with Crippen molar-refractivity contribution in [1.82, 2.24) is 5.32 Å². The summed E-state index contributed by atoms with van der Waals surface area (Å²) in [7, 11) is 0. The summed E-state index contributed by atoms with van der Waals surface area (Å²) in [5.41, 5.74) is 10.4. The number of aliphatic carboxylic acids is 1. The number of nitrogens with one attached hydrogen (secondary N) is 1. The van der Waals surface area contributed by atoms with Gasteiger partial charge in [0.2, 0.25) is 0 Å². The van der Waals surface area contributed by atoms with Crippen LogP contribution in [0.5, 0.6) is 0 Å². The van der Waals surface area contributed by atoms with E-state index in [1.165, 1.54) is 0 Å². The van der Waals surface area contributed by atoms with Gasteiger partial charge in [0, 0.05) is 12.8 Å². The molecule has 2 saturated heterocycles. The van der Waals surface area contributed by atoms with Gasteiger partial charge in [-0.3, -0.25) is 9.59 Å². The van der Waals surface area contributed by atoms with E-state index >= 15 is 0 Å². The van der Waals surface area contributed by atoms with Gasteiger partial charge >= 0.3 is 24.0 Å². The molecule has 7 N–H and O–H groups in total. The van der Waals surface area contributed by atoms with Crippen LogP contribution in [0.1, 0.15) is 19.3 Å². The summed E-state index contributed by atoms with van der Waals surface area (Å²) in [6.07, 6.45) is 2.40. The summed E-state index contributed by atoms with van der Waals surface area (Å²) in [6.45, 7) is 0.809. The Bertz CT molecular complexity index is 491. The van der Waals surface area contributed by atoms with Gasteiger partial charge in [-0.15, -0.1) is 0 Å². The maximum absolute atomic E-state index is 10.6. The molecule has 2 aliphatic rings. The molecule has 26 heavy (non-hydrogen) atoms. The maximum atomic E-state index is 10.6. The third-order valence-electron chi connectivity index (χ3n) is 3.16. The fourth-order valence-electron chi connectivity index (χ4n) is 1.66. The molecule has 1 amide bonds. The Morgan fingerprint density at radius 2 is 1.81 bits per heavy atom. The third-order valence-corrected chi connectivity index (χ3v) is 3.80. The number of nitrogens with two attached hydrogens (primary N) is 2. The average Bonchev–Trinajstić information content (AvgIpc) is 3.14. The molecule has 11 nitrogen and oxygen atoms in total. The summed E-state index contributed by atoms with van der Waals surface area (Å²) in [4.78, 5) is 40.8. The van der Waals surface area contributed by atoms with Gasteiger partial charge in [0.25, 0.3) is 0 Å². The lowest BCUT2D eigenvalue weighted by molar-refractivity contribution is -0.140. The second-order valence-electron chi connectivity index (χ2n) is 5.25. The Labute approximate surface area is 154 Å². The van der Waals surface area contributed by atoms with Gasteiger partial charge in [0.15, 0.2) is 0 Å². The Morgan fingerprint density at radius 1 is 1.23 bits per heavy atom. The predicted molar refractivity (Wildman–Crippen MR) is 92.7 cm³/mol. The van der Waals surface area contributed by atoms with Crippen molar-refractivity contribution >= 4 is 35.8 Å². The summed E-state index contributed by atoms with van der Waals surface area (Å²) in [5, 5.41) is 18.5. The standard InChI is InChI=1S/C5H7NO4.C5H11NO2S.C4H7NO2/c7-4-3(1-2-10-4)6-5(8)9;1-9-3-2-4(6)5(7)8;5-3-1-2-7-4(3)6/h3,6H,1-2H2,(H,8,9);4H,2-3,6H2,1H3,(H,7,8);3H,1-2,5H2. The number of hydrogen-bond donors (Lipinski definition) is 5. The highest BCUT2D eigenvalue weighted by Crippen LogP contribution is 2.04. The van der Waals surface area contributed by atoms with Gasteiger partial charge in [-0.25, -0.2) is 9.59 Å². The van der Waals surface area contributed by atoms with E-state index in [4.69, 9.17) is 21.7 Å². The van der Waals surface area contributed by atoms with Crippen molar-refractivity contribution in [2.24, 2.45) is 11.5 Å². The van der Waals surface area contributed by atoms with Gasteiger partial charge in [0.05, 0.1) is 13.2 Å². The first-order valence-corrected chi connectivity index (χ1v) is 9.14. The Balaban J connectivity index is 0.000000366. The fraction of sp³-hybridized carbons (Fsp3) is 0.714. The lowest BCUT2D eigenvalue weighted by Gasteiger charge is -2.02. The lowest BCUT2D eigenvalue weighted by Crippen LogP contribution is -2.36. The van der Waals surface area contributed by atoms with Gasteiger partial charge in [-0.05, 0) is 18.4 Å². The molecular weight excluding hydrogens is 370 g/mol. The Kier molecular flexibility index (Phi) is 12.2. The number of cyclic esters (lactones) is 2. The predicted octanol–water partition coefficient (Wildman–Crippen LogP) is -1.02. The van der Waals surface area contributed by atoms with Crippen molar-refractivity contribution in [3.63, 3.8) is 0 Å². The summed E-state index contributed by atoms with van der Waals surface area (Å²) < 4.78 is 9.00. The van der Waals surface area contributed by atoms with Crippen molar-refractivity contribution in [1.29, 1.82) is 0 Å². The van der Waals surface area contributed by atoms with Gasteiger partial charge in [0.1, 0.15) is 18.1 Å². The molecule has 0 radical (unpaired) electrons. The van der Waals surface area contributed by atoms with E-state index < -0.39 is 30.1 Å². The van der Waals surface area contributed by atoms with Crippen molar-refractivity contribution in [3.8, 4) is 0 Å². The highest BCUT2D eigenvalue weighted by molar-refractivity contribution is 7.98. The highest BCUT2D eigenvalue weighted by Gasteiger charge is 2.27. The molecule has 0 aromatic rings. The zero-order valence-corrected chi connectivity index (χ0v) is 15.2. The molecule has 0 aliphatic carbocycles. The minimum absolute atomic E-state index is 0.264. The molecule has 0 spiro atoms. The summed E-state index contributed by atoms with van der Waals surface area (Å²) in [5.74, 6) is -0.848. The third kappa shape index (κ3) is 10.7. The van der Waals surface area contributed by atoms with Crippen molar-refractivity contribution in [2.45, 2.75) is 37.4 Å². The molecule has 0 aromatic heterocycles. The SMILES string of the molecule is CSCCC(N)C(=O)O.NC1CCOC1=O.O=C(O)NC1CCOC1=O. The van der Waals surface area contributed by atoms with Crippen LogP contribution in [0.2, 0.25) is 0 Å². The number of ether oxygens (including phenoxy) is 2. The number of rotatable bonds is 5. The largest absolute Gasteiger partial charge is 0.480 e. The van der Waals surface area contributed by atoms with Crippen LogP contribution in [0, 0.1) is 0 Å². The molecule has 2 heterocycles. The van der Waals surface area contributed by atoms with Crippen molar-refractivity contribution in [2.75, 3.05) is 25.2 Å². The quantitative estimate of drug-likeness (QED) is 0.358. The second-order valence-corrected chi connectivity index (χ2v) is 6.23. The molecular formula is C14H25N3O8S. The zero-order chi connectivity index (χ0) is 20.1. The molecule has 0 bridgehead atoms.